The van der Waals surface area contributed by atoms with Crippen molar-refractivity contribution in [2.45, 2.75) is 38.2 Å². The molecule has 3 rings (SSSR count). The van der Waals surface area contributed by atoms with E-state index in [-0.39, 0.29) is 18.2 Å². The lowest BCUT2D eigenvalue weighted by molar-refractivity contribution is -0.143. The highest BCUT2D eigenvalue weighted by Gasteiger charge is 2.39. The van der Waals surface area contributed by atoms with E-state index < -0.39 is 53.6 Å². The Labute approximate surface area is 204 Å². The van der Waals surface area contributed by atoms with Gasteiger partial charge in [-0.25, -0.2) is 4.39 Å². The van der Waals surface area contributed by atoms with Crippen LogP contribution in [0.3, 0.4) is 0 Å². The number of piperidine rings is 1. The normalized spacial score (nSPS) is 19.4. The molecule has 1 fully saturated rings. The van der Waals surface area contributed by atoms with E-state index in [1.165, 1.54) is 19.2 Å². The van der Waals surface area contributed by atoms with Crippen LogP contribution < -0.4 is 0 Å². The third kappa shape index (κ3) is 6.56. The van der Waals surface area contributed by atoms with Crippen molar-refractivity contribution in [3.63, 3.8) is 0 Å². The maximum atomic E-state index is 13.7. The Kier molecular flexibility index (Phi) is 8.34. The third-order valence-corrected chi connectivity index (χ3v) is 6.51. The van der Waals surface area contributed by atoms with Gasteiger partial charge in [-0.1, -0.05) is 6.07 Å². The lowest BCUT2D eigenvalue weighted by Gasteiger charge is -2.40. The summed E-state index contributed by atoms with van der Waals surface area (Å²) in [6.45, 7) is 2.40. The number of carbonyl (C=O) groups is 1. The van der Waals surface area contributed by atoms with Crippen LogP contribution in [0, 0.1) is 18.7 Å². The number of hydrogen-bond donors (Lipinski definition) is 1. The zero-order chi connectivity index (χ0) is 26.8. The van der Waals surface area contributed by atoms with Crippen LogP contribution in [0.5, 0.6) is 0 Å². The van der Waals surface area contributed by atoms with Gasteiger partial charge in [0, 0.05) is 38.5 Å². The number of aliphatic hydroxyl groups excluding tert-OH is 1. The molecule has 198 valence electrons. The van der Waals surface area contributed by atoms with E-state index in [9.17, 15) is 40.6 Å². The molecule has 1 aliphatic rings. The average molecular weight is 520 g/mol. The van der Waals surface area contributed by atoms with Gasteiger partial charge in [-0.3, -0.25) is 4.79 Å². The number of hydrogen-bond acceptors (Lipinski definition) is 3. The van der Waals surface area contributed by atoms with Crippen LogP contribution in [0.4, 0.5) is 30.7 Å². The van der Waals surface area contributed by atoms with Crippen LogP contribution in [0.1, 0.15) is 40.2 Å². The maximum absolute atomic E-state index is 13.7. The van der Waals surface area contributed by atoms with Crippen molar-refractivity contribution in [2.75, 3.05) is 33.3 Å². The number of nitrogens with zero attached hydrogens (tertiary/aromatic N) is 2. The topological polar surface area (TPSA) is 43.8 Å². The summed E-state index contributed by atoms with van der Waals surface area (Å²) in [6.07, 6.45) is -9.60. The maximum Gasteiger partial charge on any atom is 0.416 e. The summed E-state index contributed by atoms with van der Waals surface area (Å²) in [7, 11) is 1.34. The smallest absolute Gasteiger partial charge is 0.395 e. The molecule has 1 amide bonds. The summed E-state index contributed by atoms with van der Waals surface area (Å²) in [6, 6.07) is 5.48. The van der Waals surface area contributed by atoms with Crippen molar-refractivity contribution in [1.29, 1.82) is 0 Å². The Morgan fingerprint density at radius 2 is 1.67 bits per heavy atom. The van der Waals surface area contributed by atoms with Gasteiger partial charge in [0.2, 0.25) is 5.91 Å². The van der Waals surface area contributed by atoms with E-state index in [4.69, 9.17) is 0 Å². The molecule has 0 bridgehead atoms. The monoisotopic (exact) mass is 520 g/mol. The van der Waals surface area contributed by atoms with E-state index in [0.29, 0.717) is 43.8 Å². The predicted molar refractivity (Wildman–Crippen MR) is 118 cm³/mol. The zero-order valence-corrected chi connectivity index (χ0v) is 19.8. The minimum absolute atomic E-state index is 0.0511. The molecule has 2 unspecified atom stereocenters. The Morgan fingerprint density at radius 1 is 1.06 bits per heavy atom. The van der Waals surface area contributed by atoms with E-state index >= 15 is 0 Å². The van der Waals surface area contributed by atoms with Crippen molar-refractivity contribution in [3.8, 4) is 0 Å². The van der Waals surface area contributed by atoms with Crippen molar-refractivity contribution in [1.82, 2.24) is 9.80 Å². The Balaban J connectivity index is 1.90. The number of likely N-dealkylation sites (tertiary alicyclic amines) is 1. The van der Waals surface area contributed by atoms with Gasteiger partial charge in [-0.15, -0.1) is 0 Å². The highest BCUT2D eigenvalue weighted by molar-refractivity contribution is 5.80. The van der Waals surface area contributed by atoms with Crippen LogP contribution >= 0.6 is 0 Å². The molecule has 2 aromatic rings. The van der Waals surface area contributed by atoms with Crippen LogP contribution in [0.25, 0.3) is 0 Å². The first-order valence-electron chi connectivity index (χ1n) is 11.3. The first kappa shape index (κ1) is 27.9. The molecule has 0 radical (unpaired) electrons. The Morgan fingerprint density at radius 3 is 2.19 bits per heavy atom. The average Bonchev–Trinajstić information content (AvgIpc) is 2.77. The van der Waals surface area contributed by atoms with E-state index in [1.54, 1.807) is 13.0 Å². The highest BCUT2D eigenvalue weighted by atomic mass is 19.4. The van der Waals surface area contributed by atoms with Crippen LogP contribution in [-0.2, 0) is 23.7 Å². The molecule has 1 aliphatic heterocycles. The molecule has 1 heterocycles. The van der Waals surface area contributed by atoms with Crippen molar-refractivity contribution in [3.05, 3.63) is 70.0 Å². The number of β-amino-alcohol motifs (C(OH)–C–C–N with tert-alkyl or cyclic N) is 1. The van der Waals surface area contributed by atoms with Gasteiger partial charge in [-0.05, 0) is 66.9 Å². The number of halogens is 7. The zero-order valence-electron chi connectivity index (χ0n) is 19.8. The Hall–Kier alpha value is -2.66. The molecule has 11 heteroatoms. The fourth-order valence-corrected chi connectivity index (χ4v) is 4.78. The van der Waals surface area contributed by atoms with Crippen molar-refractivity contribution in [2.24, 2.45) is 5.92 Å². The number of aliphatic hydroxyl groups is 1. The lowest BCUT2D eigenvalue weighted by Crippen LogP contribution is -2.46. The summed E-state index contributed by atoms with van der Waals surface area (Å²) in [4.78, 5) is 16.5. The summed E-state index contributed by atoms with van der Waals surface area (Å²) in [5.41, 5.74) is -1.82. The predicted octanol–water partition coefficient (Wildman–Crippen LogP) is 5.23. The molecule has 1 N–H and O–H groups in total. The minimum atomic E-state index is -4.98. The van der Waals surface area contributed by atoms with Crippen LogP contribution in [0.15, 0.2) is 36.4 Å². The number of benzene rings is 2. The van der Waals surface area contributed by atoms with E-state index in [2.05, 4.69) is 0 Å². The molecular formula is C25H27F7N2O2. The summed E-state index contributed by atoms with van der Waals surface area (Å²) in [5.74, 6) is -1.89. The van der Waals surface area contributed by atoms with Crippen LogP contribution in [-0.4, -0.2) is 54.1 Å². The molecule has 2 aromatic carbocycles. The van der Waals surface area contributed by atoms with Gasteiger partial charge in [0.15, 0.2) is 0 Å². The van der Waals surface area contributed by atoms with Gasteiger partial charge in [0.25, 0.3) is 0 Å². The molecule has 0 saturated carbocycles. The highest BCUT2D eigenvalue weighted by Crippen LogP contribution is 2.38. The summed E-state index contributed by atoms with van der Waals surface area (Å²) >= 11 is 0. The summed E-state index contributed by atoms with van der Waals surface area (Å²) in [5, 5.41) is 9.33. The number of amides is 1. The lowest BCUT2D eigenvalue weighted by atomic mass is 9.78. The summed E-state index contributed by atoms with van der Waals surface area (Å²) < 4.78 is 93.1. The molecule has 0 spiro atoms. The molecule has 2 atom stereocenters. The van der Waals surface area contributed by atoms with Gasteiger partial charge >= 0.3 is 12.4 Å². The van der Waals surface area contributed by atoms with E-state index in [0.717, 1.165) is 10.5 Å². The number of aryl methyl sites for hydroxylation is 1. The van der Waals surface area contributed by atoms with Crippen molar-refractivity contribution < 1.29 is 40.6 Å². The molecule has 0 aromatic heterocycles. The third-order valence-electron chi connectivity index (χ3n) is 6.51. The fraction of sp³-hybridized carbons (Fsp3) is 0.480. The largest absolute Gasteiger partial charge is 0.416 e. The Bertz CT molecular complexity index is 1050. The molecule has 1 saturated heterocycles. The number of alkyl halides is 6. The quantitative estimate of drug-likeness (QED) is 0.531. The van der Waals surface area contributed by atoms with Gasteiger partial charge in [0.1, 0.15) is 5.82 Å². The van der Waals surface area contributed by atoms with Crippen molar-refractivity contribution >= 4 is 5.91 Å². The van der Waals surface area contributed by atoms with Gasteiger partial charge in [-0.2, -0.15) is 26.3 Å². The minimum Gasteiger partial charge on any atom is -0.395 e. The molecule has 0 aliphatic carbocycles. The number of rotatable bonds is 6. The van der Waals surface area contributed by atoms with E-state index in [1.807, 2.05) is 4.90 Å². The number of carbonyl (C=O) groups excluding carboxylic acids is 1. The molecule has 4 nitrogen and oxygen atoms in total. The second-order valence-electron chi connectivity index (χ2n) is 9.14. The SMILES string of the molecule is Cc1cc(F)ccc1C1CN(CCO)CCC1C(=O)N(C)Cc1cc(C(F)(F)F)cc(C(F)(F)F)c1. The van der Waals surface area contributed by atoms with Crippen LogP contribution in [0.2, 0.25) is 0 Å². The first-order valence-corrected chi connectivity index (χ1v) is 11.3. The first-order chi connectivity index (χ1) is 16.7. The second-order valence-corrected chi connectivity index (χ2v) is 9.14. The fourth-order valence-electron chi connectivity index (χ4n) is 4.78. The second kappa shape index (κ2) is 10.8. The molecular weight excluding hydrogens is 493 g/mol. The van der Waals surface area contributed by atoms with Gasteiger partial charge in [0.05, 0.1) is 17.7 Å². The standard InChI is InChI=1S/C25H27F7N2O2/c1-15-9-19(26)3-4-20(15)22-14-34(7-8-35)6-5-21(22)23(36)33(2)13-16-10-17(24(27,28)29)12-18(11-16)25(30,31)32/h3-4,9-12,21-22,35H,5-8,13-14H2,1-2H3. The molecule has 36 heavy (non-hydrogen) atoms. The van der Waals surface area contributed by atoms with Gasteiger partial charge < -0.3 is 14.9 Å².